The molecule has 0 saturated heterocycles. The topological polar surface area (TPSA) is 69.8 Å². The first-order valence-corrected chi connectivity index (χ1v) is 9.12. The third kappa shape index (κ3) is 2.57. The van der Waals surface area contributed by atoms with E-state index in [9.17, 15) is 9.59 Å². The third-order valence-electron chi connectivity index (χ3n) is 5.07. The molecule has 0 aliphatic carbocycles. The summed E-state index contributed by atoms with van der Waals surface area (Å²) >= 11 is 0. The van der Waals surface area contributed by atoms with Crippen LogP contribution >= 0.6 is 0 Å². The maximum Gasteiger partial charge on any atom is 0.255 e. The van der Waals surface area contributed by atoms with Gasteiger partial charge in [0.2, 0.25) is 0 Å². The number of aryl methyl sites for hydroxylation is 1. The van der Waals surface area contributed by atoms with Crippen LogP contribution in [0.25, 0.3) is 38.5 Å². The zero-order valence-corrected chi connectivity index (χ0v) is 15.7. The van der Waals surface area contributed by atoms with Crippen molar-refractivity contribution < 1.29 is 4.79 Å². The van der Waals surface area contributed by atoms with Crippen LogP contribution in [0.4, 0.5) is 0 Å². The fourth-order valence-electron chi connectivity index (χ4n) is 3.69. The molecule has 3 aromatic heterocycles. The van der Waals surface area contributed by atoms with E-state index in [1.165, 1.54) is 23.0 Å². The maximum absolute atomic E-state index is 12.9. The van der Waals surface area contributed by atoms with Gasteiger partial charge in [0.15, 0.2) is 0 Å². The zero-order valence-electron chi connectivity index (χ0n) is 15.7. The summed E-state index contributed by atoms with van der Waals surface area (Å²) < 4.78 is 3.08. The van der Waals surface area contributed by atoms with Crippen LogP contribution in [-0.2, 0) is 0 Å². The summed E-state index contributed by atoms with van der Waals surface area (Å²) in [6.07, 6.45) is 4.47. The van der Waals surface area contributed by atoms with Crippen molar-refractivity contribution in [3.63, 3.8) is 0 Å². The molecule has 3 heterocycles. The molecule has 0 aliphatic rings. The molecule has 0 fully saturated rings. The summed E-state index contributed by atoms with van der Waals surface area (Å²) in [6.45, 7) is 5.55. The van der Waals surface area contributed by atoms with Crippen LogP contribution in [0, 0.1) is 6.92 Å². The molecular formula is C23H16N4O2. The number of hydrogen-bond acceptors (Lipinski definition) is 4. The summed E-state index contributed by atoms with van der Waals surface area (Å²) in [4.78, 5) is 33.9. The third-order valence-corrected chi connectivity index (χ3v) is 5.07. The van der Waals surface area contributed by atoms with Crippen molar-refractivity contribution in [1.29, 1.82) is 0 Å². The Bertz CT molecular complexity index is 1530. The molecule has 29 heavy (non-hydrogen) atoms. The van der Waals surface area contributed by atoms with E-state index in [2.05, 4.69) is 16.5 Å². The van der Waals surface area contributed by atoms with E-state index in [4.69, 9.17) is 0 Å². The van der Waals surface area contributed by atoms with Gasteiger partial charge in [0.25, 0.3) is 11.5 Å². The Kier molecular flexibility index (Phi) is 3.67. The lowest BCUT2D eigenvalue weighted by atomic mass is 10.1. The Morgan fingerprint density at radius 3 is 2.69 bits per heavy atom. The average molecular weight is 380 g/mol. The molecule has 0 spiro atoms. The van der Waals surface area contributed by atoms with Gasteiger partial charge in [-0.1, -0.05) is 18.2 Å². The van der Waals surface area contributed by atoms with Crippen molar-refractivity contribution in [3.05, 3.63) is 89.6 Å². The second kappa shape index (κ2) is 6.24. The SMILES string of the molecule is C=CC(=O)n1cnc2ccc(-n3c(=O)ccc4cnc5ccc(C)cc5c43)cc21. The molecular weight excluding hydrogens is 364 g/mol. The van der Waals surface area contributed by atoms with Crippen molar-refractivity contribution in [2.45, 2.75) is 6.92 Å². The fourth-order valence-corrected chi connectivity index (χ4v) is 3.69. The zero-order chi connectivity index (χ0) is 20.1. The van der Waals surface area contributed by atoms with Crippen LogP contribution in [-0.4, -0.2) is 25.0 Å². The number of benzene rings is 2. The Hall–Kier alpha value is -4.06. The standard InChI is InChI=1S/C23H16N4O2/c1-3-21(28)26-13-25-19-8-6-16(11-20(19)26)27-22(29)9-5-15-12-24-18-7-4-14(2)10-17(18)23(15)27/h3-13H,1H2,2H3. The number of fused-ring (bicyclic) bond motifs is 4. The normalized spacial score (nSPS) is 11.3. The Morgan fingerprint density at radius 1 is 1.03 bits per heavy atom. The van der Waals surface area contributed by atoms with Gasteiger partial charge in [-0.05, 0) is 49.4 Å². The lowest BCUT2D eigenvalue weighted by Crippen LogP contribution is -2.18. The van der Waals surface area contributed by atoms with Gasteiger partial charge in [-0.15, -0.1) is 0 Å². The van der Waals surface area contributed by atoms with Crippen molar-refractivity contribution in [3.8, 4) is 5.69 Å². The average Bonchev–Trinajstić information content (AvgIpc) is 3.16. The van der Waals surface area contributed by atoms with Gasteiger partial charge in [0.1, 0.15) is 6.33 Å². The van der Waals surface area contributed by atoms with Crippen LogP contribution in [0.3, 0.4) is 0 Å². The van der Waals surface area contributed by atoms with Gasteiger partial charge >= 0.3 is 0 Å². The molecule has 0 atom stereocenters. The number of carbonyl (C=O) groups excluding carboxylic acids is 1. The minimum atomic E-state index is -0.278. The van der Waals surface area contributed by atoms with E-state index in [0.717, 1.165) is 27.4 Å². The highest BCUT2D eigenvalue weighted by atomic mass is 16.2. The summed E-state index contributed by atoms with van der Waals surface area (Å²) in [7, 11) is 0. The minimum Gasteiger partial charge on any atom is -0.276 e. The Labute approximate surface area is 165 Å². The number of nitrogens with zero attached hydrogens (tertiary/aromatic N) is 4. The summed E-state index contributed by atoms with van der Waals surface area (Å²) in [5, 5.41) is 1.76. The van der Waals surface area contributed by atoms with Crippen LogP contribution in [0.5, 0.6) is 0 Å². The van der Waals surface area contributed by atoms with E-state index in [1.54, 1.807) is 29.0 Å². The van der Waals surface area contributed by atoms with Gasteiger partial charge in [-0.25, -0.2) is 4.98 Å². The number of hydrogen-bond donors (Lipinski definition) is 0. The molecule has 6 heteroatoms. The van der Waals surface area contributed by atoms with Crippen LogP contribution in [0.15, 0.2) is 78.5 Å². The second-order valence-electron chi connectivity index (χ2n) is 6.92. The first-order chi connectivity index (χ1) is 14.1. The predicted molar refractivity (Wildman–Crippen MR) is 114 cm³/mol. The first-order valence-electron chi connectivity index (χ1n) is 9.12. The number of allylic oxidation sites excluding steroid dienone is 1. The molecule has 0 radical (unpaired) electrons. The van der Waals surface area contributed by atoms with Crippen LogP contribution < -0.4 is 5.56 Å². The summed E-state index contributed by atoms with van der Waals surface area (Å²) in [6, 6.07) is 14.7. The van der Waals surface area contributed by atoms with Crippen LogP contribution in [0.1, 0.15) is 10.4 Å². The monoisotopic (exact) mass is 380 g/mol. The lowest BCUT2D eigenvalue weighted by molar-refractivity contribution is 0.0973. The largest absolute Gasteiger partial charge is 0.276 e. The minimum absolute atomic E-state index is 0.160. The molecule has 5 aromatic rings. The van der Waals surface area contributed by atoms with Crippen molar-refractivity contribution in [2.75, 3.05) is 0 Å². The maximum atomic E-state index is 12.9. The van der Waals surface area contributed by atoms with E-state index in [0.29, 0.717) is 16.7 Å². The molecule has 0 unspecified atom stereocenters. The number of aromatic nitrogens is 4. The van der Waals surface area contributed by atoms with E-state index >= 15 is 0 Å². The number of pyridine rings is 2. The van der Waals surface area contributed by atoms with Gasteiger partial charge in [0, 0.05) is 23.0 Å². The van der Waals surface area contributed by atoms with Gasteiger partial charge < -0.3 is 0 Å². The van der Waals surface area contributed by atoms with Gasteiger partial charge in [-0.2, -0.15) is 0 Å². The highest BCUT2D eigenvalue weighted by Crippen LogP contribution is 2.26. The lowest BCUT2D eigenvalue weighted by Gasteiger charge is -2.13. The molecule has 0 saturated carbocycles. The summed E-state index contributed by atoms with van der Waals surface area (Å²) in [5.41, 5.74) is 4.46. The van der Waals surface area contributed by atoms with Crippen molar-refractivity contribution in [1.82, 2.24) is 19.1 Å². The van der Waals surface area contributed by atoms with Gasteiger partial charge in [-0.3, -0.25) is 23.7 Å². The molecule has 5 rings (SSSR count). The quantitative estimate of drug-likeness (QED) is 0.343. The molecule has 2 aromatic carbocycles. The highest BCUT2D eigenvalue weighted by molar-refractivity contribution is 6.04. The molecule has 0 aliphatic heterocycles. The number of carbonyl (C=O) groups is 1. The van der Waals surface area contributed by atoms with Crippen molar-refractivity contribution in [2.24, 2.45) is 0 Å². The van der Waals surface area contributed by atoms with E-state index in [1.807, 2.05) is 31.2 Å². The molecule has 6 nitrogen and oxygen atoms in total. The Morgan fingerprint density at radius 2 is 1.86 bits per heavy atom. The van der Waals surface area contributed by atoms with E-state index in [-0.39, 0.29) is 11.5 Å². The summed E-state index contributed by atoms with van der Waals surface area (Å²) in [5.74, 6) is -0.278. The number of imidazole rings is 1. The molecule has 140 valence electrons. The second-order valence-corrected chi connectivity index (χ2v) is 6.92. The molecule has 0 N–H and O–H groups in total. The predicted octanol–water partition coefficient (Wildman–Crippen LogP) is 4.02. The molecule has 0 amide bonds. The van der Waals surface area contributed by atoms with Gasteiger partial charge in [0.05, 0.1) is 27.8 Å². The fraction of sp³-hybridized carbons (Fsp3) is 0.0435. The van der Waals surface area contributed by atoms with E-state index < -0.39 is 0 Å². The highest BCUT2D eigenvalue weighted by Gasteiger charge is 2.13. The van der Waals surface area contributed by atoms with Crippen LogP contribution in [0.2, 0.25) is 0 Å². The molecule has 0 bridgehead atoms. The van der Waals surface area contributed by atoms with Crippen molar-refractivity contribution >= 4 is 38.7 Å². The Balaban J connectivity index is 1.91. The first kappa shape index (κ1) is 17.1. The number of rotatable bonds is 2. The smallest absolute Gasteiger partial charge is 0.255 e.